The summed E-state index contributed by atoms with van der Waals surface area (Å²) in [5, 5.41) is 10.9. The lowest BCUT2D eigenvalue weighted by Crippen LogP contribution is -2.46. The van der Waals surface area contributed by atoms with Crippen LogP contribution >= 0.6 is 0 Å². The molecule has 3 aromatic rings. The molecule has 166 valence electrons. The molecule has 0 unspecified atom stereocenters. The molecule has 1 heterocycles. The number of rotatable bonds is 6. The molecule has 4 nitrogen and oxygen atoms in total. The van der Waals surface area contributed by atoms with E-state index in [4.69, 9.17) is 0 Å². The zero-order chi connectivity index (χ0) is 22.6. The van der Waals surface area contributed by atoms with Gasteiger partial charge in [-0.1, -0.05) is 90.0 Å². The first-order valence-corrected chi connectivity index (χ1v) is 12.4. The quantitative estimate of drug-likeness (QED) is 0.596. The molecular formula is C27H29NO3S. The number of aliphatic hydroxyl groups excluding tert-OH is 1. The van der Waals surface area contributed by atoms with Crippen LogP contribution in [0.5, 0.6) is 0 Å². The van der Waals surface area contributed by atoms with Crippen molar-refractivity contribution < 1.29 is 13.5 Å². The summed E-state index contributed by atoms with van der Waals surface area (Å²) in [6, 6.07) is 27.1. The third kappa shape index (κ3) is 5.18. The van der Waals surface area contributed by atoms with Gasteiger partial charge in [-0.2, -0.15) is 4.31 Å². The number of aryl methyl sites for hydroxylation is 1. The first kappa shape index (κ1) is 22.5. The van der Waals surface area contributed by atoms with Crippen LogP contribution in [0, 0.1) is 12.8 Å². The molecule has 0 saturated carbocycles. The van der Waals surface area contributed by atoms with Gasteiger partial charge in [0.1, 0.15) is 0 Å². The number of sulfonamides is 1. The summed E-state index contributed by atoms with van der Waals surface area (Å²) in [5.41, 5.74) is 4.25. The smallest absolute Gasteiger partial charge is 0.243 e. The van der Waals surface area contributed by atoms with E-state index in [-0.39, 0.29) is 12.5 Å². The van der Waals surface area contributed by atoms with E-state index in [1.807, 2.05) is 67.6 Å². The van der Waals surface area contributed by atoms with E-state index in [9.17, 15) is 13.5 Å². The Kier molecular flexibility index (Phi) is 6.89. The lowest BCUT2D eigenvalue weighted by Gasteiger charge is -2.37. The zero-order valence-electron chi connectivity index (χ0n) is 18.3. The summed E-state index contributed by atoms with van der Waals surface area (Å²) in [7, 11) is -3.62. The topological polar surface area (TPSA) is 57.6 Å². The fourth-order valence-corrected chi connectivity index (χ4v) is 5.72. The molecule has 2 atom stereocenters. The van der Waals surface area contributed by atoms with E-state index in [1.54, 1.807) is 12.1 Å². The lowest BCUT2D eigenvalue weighted by atomic mass is 9.84. The number of hydrogen-bond acceptors (Lipinski definition) is 3. The van der Waals surface area contributed by atoms with Gasteiger partial charge in [-0.3, -0.25) is 0 Å². The van der Waals surface area contributed by atoms with Gasteiger partial charge in [-0.25, -0.2) is 8.42 Å². The highest BCUT2D eigenvalue weighted by Gasteiger charge is 2.36. The average Bonchev–Trinajstić information content (AvgIpc) is 2.80. The van der Waals surface area contributed by atoms with Crippen molar-refractivity contribution in [2.24, 2.45) is 5.92 Å². The van der Waals surface area contributed by atoms with Gasteiger partial charge in [-0.15, -0.1) is 0 Å². The highest BCUT2D eigenvalue weighted by atomic mass is 32.2. The van der Waals surface area contributed by atoms with Crippen molar-refractivity contribution in [3.8, 4) is 0 Å². The predicted molar refractivity (Wildman–Crippen MR) is 129 cm³/mol. The number of benzene rings is 3. The van der Waals surface area contributed by atoms with Gasteiger partial charge in [0, 0.05) is 19.0 Å². The maximum atomic E-state index is 13.3. The van der Waals surface area contributed by atoms with Crippen LogP contribution in [0.2, 0.25) is 0 Å². The Morgan fingerprint density at radius 1 is 0.969 bits per heavy atom. The van der Waals surface area contributed by atoms with Crippen molar-refractivity contribution in [1.82, 2.24) is 4.31 Å². The zero-order valence-corrected chi connectivity index (χ0v) is 19.1. The van der Waals surface area contributed by atoms with Crippen molar-refractivity contribution >= 4 is 16.1 Å². The molecule has 0 radical (unpaired) electrons. The largest absolute Gasteiger partial charge is 0.392 e. The molecule has 3 aromatic carbocycles. The molecule has 0 aromatic heterocycles. The van der Waals surface area contributed by atoms with Gasteiger partial charge in [0.25, 0.3) is 0 Å². The second-order valence-corrected chi connectivity index (χ2v) is 10.4. The molecule has 1 fully saturated rings. The maximum Gasteiger partial charge on any atom is 0.243 e. The van der Waals surface area contributed by atoms with Crippen LogP contribution in [-0.2, 0) is 16.4 Å². The highest BCUT2D eigenvalue weighted by Crippen LogP contribution is 2.31. The van der Waals surface area contributed by atoms with Gasteiger partial charge in [0.15, 0.2) is 0 Å². The van der Waals surface area contributed by atoms with Gasteiger partial charge < -0.3 is 5.11 Å². The van der Waals surface area contributed by atoms with Gasteiger partial charge >= 0.3 is 0 Å². The summed E-state index contributed by atoms with van der Waals surface area (Å²) in [4.78, 5) is 0.301. The summed E-state index contributed by atoms with van der Waals surface area (Å²) < 4.78 is 28.2. The lowest BCUT2D eigenvalue weighted by molar-refractivity contribution is 0.0702. The van der Waals surface area contributed by atoms with Crippen LogP contribution < -0.4 is 0 Å². The summed E-state index contributed by atoms with van der Waals surface area (Å²) >= 11 is 0. The normalized spacial score (nSPS) is 20.2. The second kappa shape index (κ2) is 9.82. The van der Waals surface area contributed by atoms with Crippen molar-refractivity contribution in [1.29, 1.82) is 0 Å². The average molecular weight is 448 g/mol. The first-order valence-electron chi connectivity index (χ1n) is 11.0. The minimum absolute atomic E-state index is 0.267. The van der Waals surface area contributed by atoms with Crippen LogP contribution in [0.3, 0.4) is 0 Å². The van der Waals surface area contributed by atoms with Crippen LogP contribution in [0.25, 0.3) is 6.08 Å². The third-order valence-electron chi connectivity index (χ3n) is 6.08. The van der Waals surface area contributed by atoms with Crippen molar-refractivity contribution in [3.05, 3.63) is 107 Å². The molecule has 0 bridgehead atoms. The van der Waals surface area contributed by atoms with E-state index in [0.29, 0.717) is 24.3 Å². The Labute approximate surface area is 190 Å². The summed E-state index contributed by atoms with van der Waals surface area (Å²) in [6.07, 6.45) is 2.59. The van der Waals surface area contributed by atoms with E-state index >= 15 is 0 Å². The van der Waals surface area contributed by atoms with Crippen molar-refractivity contribution in [2.45, 2.75) is 30.8 Å². The van der Waals surface area contributed by atoms with Crippen LogP contribution in [0.4, 0.5) is 0 Å². The van der Waals surface area contributed by atoms with Crippen LogP contribution in [0.15, 0.2) is 95.4 Å². The fraction of sp³-hybridized carbons (Fsp3) is 0.259. The molecule has 32 heavy (non-hydrogen) atoms. The molecule has 0 spiro atoms. The Balaban J connectivity index is 1.66. The number of piperidine rings is 1. The van der Waals surface area contributed by atoms with E-state index in [2.05, 4.69) is 18.2 Å². The molecule has 1 aliphatic rings. The first-order chi connectivity index (χ1) is 15.4. The fourth-order valence-electron chi connectivity index (χ4n) is 4.24. The standard InChI is InChI=1S/C27H29NO3S/c1-21-12-14-25(15-13-21)32(30,31)28-17-16-27(29)26(20-28)24(18-22-8-4-2-5-9-22)19-23-10-6-3-7-11-23/h2-15,18,26-27,29H,16-17,19-20H2,1H3/b24-18-/t26-,27-/m1/s1. The SMILES string of the molecule is Cc1ccc(S(=O)(=O)N2CC[C@@H](O)[C@@H](/C(=C\c3ccccc3)Cc3ccccc3)C2)cc1. The molecule has 0 aliphatic carbocycles. The predicted octanol–water partition coefficient (Wildman–Crippen LogP) is 4.69. The number of aliphatic hydroxyl groups is 1. The number of nitrogens with zero attached hydrogens (tertiary/aromatic N) is 1. The molecule has 1 saturated heterocycles. The Bertz CT molecular complexity index is 1160. The van der Waals surface area contributed by atoms with Gasteiger partial charge in [0.2, 0.25) is 10.0 Å². The minimum Gasteiger partial charge on any atom is -0.392 e. The van der Waals surface area contributed by atoms with Crippen LogP contribution in [-0.4, -0.2) is 37.0 Å². The molecule has 5 heteroatoms. The molecule has 1 aliphatic heterocycles. The van der Waals surface area contributed by atoms with Gasteiger partial charge in [0.05, 0.1) is 11.0 Å². The summed E-state index contributed by atoms with van der Waals surface area (Å²) in [5.74, 6) is -0.274. The minimum atomic E-state index is -3.62. The number of hydrogen-bond donors (Lipinski definition) is 1. The Morgan fingerprint density at radius 2 is 1.59 bits per heavy atom. The molecular weight excluding hydrogens is 418 g/mol. The van der Waals surface area contributed by atoms with Crippen molar-refractivity contribution in [3.63, 3.8) is 0 Å². The van der Waals surface area contributed by atoms with Crippen molar-refractivity contribution in [2.75, 3.05) is 13.1 Å². The highest BCUT2D eigenvalue weighted by molar-refractivity contribution is 7.89. The molecule has 1 N–H and O–H groups in total. The monoisotopic (exact) mass is 447 g/mol. The second-order valence-electron chi connectivity index (χ2n) is 8.43. The van der Waals surface area contributed by atoms with Gasteiger partial charge in [-0.05, 0) is 43.0 Å². The van der Waals surface area contributed by atoms with E-state index < -0.39 is 16.1 Å². The maximum absolute atomic E-state index is 13.3. The Hall–Kier alpha value is -2.73. The van der Waals surface area contributed by atoms with E-state index in [1.165, 1.54) is 4.31 Å². The third-order valence-corrected chi connectivity index (χ3v) is 7.96. The van der Waals surface area contributed by atoms with E-state index in [0.717, 1.165) is 22.3 Å². The summed E-state index contributed by atoms with van der Waals surface area (Å²) in [6.45, 7) is 2.52. The molecule has 4 rings (SSSR count). The van der Waals surface area contributed by atoms with Crippen LogP contribution in [0.1, 0.15) is 23.1 Å². The molecule has 0 amide bonds. The Morgan fingerprint density at radius 3 is 2.25 bits per heavy atom.